The normalized spacial score (nSPS) is 17.2. The van der Waals surface area contributed by atoms with Crippen LogP contribution in [0.3, 0.4) is 0 Å². The minimum Gasteiger partial charge on any atom is -0.365 e. The summed E-state index contributed by atoms with van der Waals surface area (Å²) < 4.78 is 39.3. The molecule has 2 aromatic heterocycles. The lowest BCUT2D eigenvalue weighted by Gasteiger charge is -2.39. The maximum atomic E-state index is 15.0. The van der Waals surface area contributed by atoms with E-state index in [-0.39, 0.29) is 12.2 Å². The molecule has 1 atom stereocenters. The topological polar surface area (TPSA) is 58.2 Å². The third kappa shape index (κ3) is 3.09. The lowest BCUT2D eigenvalue weighted by Crippen LogP contribution is -2.40. The fourth-order valence-corrected chi connectivity index (χ4v) is 5.01. The minimum absolute atomic E-state index is 0.140. The highest BCUT2D eigenvalue weighted by molar-refractivity contribution is 5.97. The summed E-state index contributed by atoms with van der Waals surface area (Å²) in [6, 6.07) is 11.1. The van der Waals surface area contributed by atoms with Crippen molar-refractivity contribution in [1.29, 1.82) is 0 Å². The molecule has 3 heterocycles. The van der Waals surface area contributed by atoms with E-state index in [4.69, 9.17) is 4.74 Å². The van der Waals surface area contributed by atoms with Crippen LogP contribution in [-0.4, -0.2) is 20.3 Å². The largest absolute Gasteiger partial charge is 0.365 e. The molecule has 0 fully saturated rings. The molecule has 0 radical (unpaired) electrons. The van der Waals surface area contributed by atoms with Crippen LogP contribution in [0.2, 0.25) is 0 Å². The van der Waals surface area contributed by atoms with Crippen molar-refractivity contribution in [2.75, 3.05) is 6.61 Å². The van der Waals surface area contributed by atoms with Crippen LogP contribution >= 0.6 is 0 Å². The average Bonchev–Trinajstić information content (AvgIpc) is 3.15. The molecule has 0 saturated heterocycles. The molecular formula is C26H25F2N3O3. The fourth-order valence-electron chi connectivity index (χ4n) is 5.01. The molecule has 176 valence electrons. The van der Waals surface area contributed by atoms with Crippen LogP contribution in [0.5, 0.6) is 0 Å². The van der Waals surface area contributed by atoms with Crippen LogP contribution in [0.25, 0.3) is 22.2 Å². The zero-order chi connectivity index (χ0) is 24.5. The van der Waals surface area contributed by atoms with Gasteiger partial charge in [-0.3, -0.25) is 13.9 Å². The van der Waals surface area contributed by atoms with E-state index in [1.807, 2.05) is 49.6 Å². The highest BCUT2D eigenvalue weighted by atomic mass is 19.1. The number of benzene rings is 2. The second-order valence-corrected chi connectivity index (χ2v) is 9.54. The number of hydrogen-bond acceptors (Lipinski definition) is 3. The third-order valence-corrected chi connectivity index (χ3v) is 6.60. The first-order valence-electron chi connectivity index (χ1n) is 11.0. The average molecular weight is 466 g/mol. The van der Waals surface area contributed by atoms with Crippen LogP contribution in [-0.2, 0) is 24.4 Å². The van der Waals surface area contributed by atoms with Crippen molar-refractivity contribution in [3.63, 3.8) is 0 Å². The molecule has 0 amide bonds. The molecule has 0 saturated carbocycles. The Morgan fingerprint density at radius 3 is 2.44 bits per heavy atom. The first-order valence-corrected chi connectivity index (χ1v) is 11.0. The Labute approximate surface area is 194 Å². The van der Waals surface area contributed by atoms with E-state index in [1.54, 1.807) is 7.05 Å². The predicted molar refractivity (Wildman–Crippen MR) is 126 cm³/mol. The van der Waals surface area contributed by atoms with E-state index >= 15 is 0 Å². The van der Waals surface area contributed by atoms with E-state index in [1.165, 1.54) is 23.7 Å². The number of hydrogen-bond donors (Lipinski definition) is 0. The van der Waals surface area contributed by atoms with E-state index in [9.17, 15) is 18.4 Å². The highest BCUT2D eigenvalue weighted by Gasteiger charge is 2.41. The Hall–Kier alpha value is -3.52. The number of halogens is 2. The first kappa shape index (κ1) is 22.3. The van der Waals surface area contributed by atoms with Crippen molar-refractivity contribution < 1.29 is 13.5 Å². The molecular weight excluding hydrogens is 440 g/mol. The van der Waals surface area contributed by atoms with Gasteiger partial charge in [0, 0.05) is 25.7 Å². The molecule has 5 rings (SSSR count). The van der Waals surface area contributed by atoms with Gasteiger partial charge in [0.05, 0.1) is 34.4 Å². The van der Waals surface area contributed by atoms with Crippen molar-refractivity contribution in [2.24, 2.45) is 14.1 Å². The molecule has 4 aromatic rings. The number of fused-ring (bicyclic) bond motifs is 3. The van der Waals surface area contributed by atoms with Crippen LogP contribution in [0.1, 0.15) is 36.8 Å². The molecule has 8 heteroatoms. The molecule has 34 heavy (non-hydrogen) atoms. The van der Waals surface area contributed by atoms with Gasteiger partial charge in [-0.05, 0) is 38.5 Å². The Balaban J connectivity index is 2.02. The predicted octanol–water partition coefficient (Wildman–Crippen LogP) is 4.15. The third-order valence-electron chi connectivity index (χ3n) is 6.60. The molecule has 1 unspecified atom stereocenters. The van der Waals surface area contributed by atoms with Crippen molar-refractivity contribution in [3.05, 3.63) is 91.8 Å². The van der Waals surface area contributed by atoms with Crippen molar-refractivity contribution in [3.8, 4) is 11.3 Å². The standard InChI is InChI=1S/C26H25F2N3O3/c1-14-7-6-8-15(11-14)20-19-21(29(4)25(33)30(5)24(19)32)22-23(34-13-26(2,3)31(20)22)17-10-9-16(27)12-18(17)28/h6-12,23H,13H2,1-5H3. The van der Waals surface area contributed by atoms with Gasteiger partial charge >= 0.3 is 5.69 Å². The summed E-state index contributed by atoms with van der Waals surface area (Å²) in [5, 5.41) is 0.358. The SMILES string of the molecule is Cc1cccc(-c2c3c(=O)n(C)c(=O)n(C)c3c3n2C(C)(C)COC3c2ccc(F)cc2F)c1. The second kappa shape index (κ2) is 7.50. The monoisotopic (exact) mass is 465 g/mol. The summed E-state index contributed by atoms with van der Waals surface area (Å²) in [5.41, 5.74) is 1.91. The Bertz CT molecular complexity index is 1590. The van der Waals surface area contributed by atoms with Crippen LogP contribution in [0.15, 0.2) is 52.1 Å². The van der Waals surface area contributed by atoms with Gasteiger partial charge < -0.3 is 9.30 Å². The highest BCUT2D eigenvalue weighted by Crippen LogP contribution is 2.45. The van der Waals surface area contributed by atoms with Gasteiger partial charge in [0.25, 0.3) is 5.56 Å². The van der Waals surface area contributed by atoms with Crippen LogP contribution in [0, 0.1) is 18.6 Å². The number of rotatable bonds is 2. The van der Waals surface area contributed by atoms with Crippen molar-refractivity contribution in [1.82, 2.24) is 13.7 Å². The summed E-state index contributed by atoms with van der Waals surface area (Å²) in [5.74, 6) is -1.45. The quantitative estimate of drug-likeness (QED) is 0.447. The number of nitrogens with zero attached hydrogens (tertiary/aromatic N) is 3. The van der Waals surface area contributed by atoms with E-state index in [0.29, 0.717) is 22.3 Å². The Kier molecular flexibility index (Phi) is 4.91. The molecule has 1 aliphatic rings. The van der Waals surface area contributed by atoms with Gasteiger partial charge in [0.2, 0.25) is 0 Å². The Morgan fingerprint density at radius 1 is 1.03 bits per heavy atom. The number of aromatic nitrogens is 3. The molecule has 2 aromatic carbocycles. The number of ether oxygens (including phenoxy) is 1. The summed E-state index contributed by atoms with van der Waals surface area (Å²) >= 11 is 0. The first-order chi connectivity index (χ1) is 16.0. The van der Waals surface area contributed by atoms with E-state index in [2.05, 4.69) is 0 Å². The zero-order valence-corrected chi connectivity index (χ0v) is 19.6. The van der Waals surface area contributed by atoms with Crippen molar-refractivity contribution >= 4 is 10.9 Å². The summed E-state index contributed by atoms with van der Waals surface area (Å²) in [6.45, 7) is 6.11. The molecule has 0 aliphatic carbocycles. The Morgan fingerprint density at radius 2 is 1.76 bits per heavy atom. The van der Waals surface area contributed by atoms with Gasteiger partial charge in [0.1, 0.15) is 17.7 Å². The zero-order valence-electron chi connectivity index (χ0n) is 19.6. The summed E-state index contributed by atoms with van der Waals surface area (Å²) in [6.07, 6.45) is -0.938. The summed E-state index contributed by atoms with van der Waals surface area (Å²) in [7, 11) is 3.03. The maximum absolute atomic E-state index is 15.0. The van der Waals surface area contributed by atoms with E-state index in [0.717, 1.165) is 21.8 Å². The smallest absolute Gasteiger partial charge is 0.331 e. The molecule has 0 spiro atoms. The minimum atomic E-state index is -0.938. The fraction of sp³-hybridized carbons (Fsp3) is 0.308. The molecule has 6 nitrogen and oxygen atoms in total. The van der Waals surface area contributed by atoms with E-state index < -0.39 is 34.5 Å². The lowest BCUT2D eigenvalue weighted by atomic mass is 9.97. The maximum Gasteiger partial charge on any atom is 0.331 e. The molecule has 1 aliphatic heterocycles. The van der Waals surface area contributed by atoms with Crippen LogP contribution in [0.4, 0.5) is 8.78 Å². The second-order valence-electron chi connectivity index (χ2n) is 9.54. The van der Waals surface area contributed by atoms with Gasteiger partial charge in [-0.1, -0.05) is 29.8 Å². The summed E-state index contributed by atoms with van der Waals surface area (Å²) in [4.78, 5) is 26.5. The van der Waals surface area contributed by atoms with Gasteiger partial charge in [-0.15, -0.1) is 0 Å². The molecule has 0 bridgehead atoms. The van der Waals surface area contributed by atoms with Gasteiger partial charge in [-0.2, -0.15) is 0 Å². The number of aryl methyl sites for hydroxylation is 2. The van der Waals surface area contributed by atoms with Crippen molar-refractivity contribution in [2.45, 2.75) is 32.4 Å². The van der Waals surface area contributed by atoms with Crippen LogP contribution < -0.4 is 11.2 Å². The van der Waals surface area contributed by atoms with Gasteiger partial charge in [0.15, 0.2) is 0 Å². The van der Waals surface area contributed by atoms with Gasteiger partial charge in [-0.25, -0.2) is 13.6 Å². The molecule has 0 N–H and O–H groups in total. The lowest BCUT2D eigenvalue weighted by molar-refractivity contribution is -0.00860.